The minimum absolute atomic E-state index is 0.184. The maximum absolute atomic E-state index is 12.3. The molecule has 2 rings (SSSR count). The number of carbonyl (C=O) groups excluding carboxylic acids is 1. The lowest BCUT2D eigenvalue weighted by Crippen LogP contribution is -2.27. The van der Waals surface area contributed by atoms with Crippen LogP contribution in [0.1, 0.15) is 10.4 Å². The Kier molecular flexibility index (Phi) is 3.48. The summed E-state index contributed by atoms with van der Waals surface area (Å²) in [7, 11) is 1.65. The van der Waals surface area contributed by atoms with Crippen LogP contribution in [0.15, 0.2) is 42.6 Å². The number of nitrogen functional groups attached to an aromatic ring is 1. The molecule has 92 valence electrons. The lowest BCUT2D eigenvalue weighted by molar-refractivity contribution is 0.0993. The van der Waals surface area contributed by atoms with Crippen LogP contribution in [0.4, 0.5) is 11.4 Å². The van der Waals surface area contributed by atoms with Crippen LogP contribution in [0, 0.1) is 0 Å². The second-order valence-electron chi connectivity index (χ2n) is 3.76. The zero-order chi connectivity index (χ0) is 13.1. The highest BCUT2D eigenvalue weighted by Crippen LogP contribution is 2.24. The first-order valence-electron chi connectivity index (χ1n) is 5.34. The molecule has 0 spiro atoms. The molecule has 18 heavy (non-hydrogen) atoms. The van der Waals surface area contributed by atoms with Gasteiger partial charge in [0, 0.05) is 13.2 Å². The minimum atomic E-state index is -0.244. The van der Waals surface area contributed by atoms with E-state index in [1.807, 2.05) is 12.1 Å². The lowest BCUT2D eigenvalue weighted by Gasteiger charge is -2.19. The van der Waals surface area contributed by atoms with E-state index in [-0.39, 0.29) is 11.1 Å². The molecule has 0 fully saturated rings. The third-order valence-electron chi connectivity index (χ3n) is 2.59. The smallest absolute Gasteiger partial charge is 0.261 e. The maximum atomic E-state index is 12.3. The highest BCUT2D eigenvalue weighted by Gasteiger charge is 2.18. The third-order valence-corrected chi connectivity index (χ3v) is 2.89. The summed E-state index contributed by atoms with van der Waals surface area (Å²) in [5.41, 5.74) is 7.36. The lowest BCUT2D eigenvalue weighted by atomic mass is 10.2. The van der Waals surface area contributed by atoms with Crippen LogP contribution in [0.25, 0.3) is 0 Å². The molecular weight excluding hydrogens is 250 g/mol. The van der Waals surface area contributed by atoms with Gasteiger partial charge in [-0.15, -0.1) is 0 Å². The van der Waals surface area contributed by atoms with Crippen LogP contribution in [0.3, 0.4) is 0 Å². The Morgan fingerprint density at radius 3 is 2.67 bits per heavy atom. The van der Waals surface area contributed by atoms with E-state index in [0.717, 1.165) is 0 Å². The van der Waals surface area contributed by atoms with Gasteiger partial charge in [-0.3, -0.25) is 4.79 Å². The molecule has 0 unspecified atom stereocenters. The van der Waals surface area contributed by atoms with Crippen LogP contribution < -0.4 is 10.6 Å². The molecule has 1 amide bonds. The molecule has 1 aromatic heterocycles. The van der Waals surface area contributed by atoms with Gasteiger partial charge in [0.15, 0.2) is 0 Å². The Balaban J connectivity index is 2.36. The number of para-hydroxylation sites is 2. The van der Waals surface area contributed by atoms with E-state index in [2.05, 4.69) is 4.98 Å². The van der Waals surface area contributed by atoms with E-state index in [1.54, 1.807) is 31.3 Å². The Morgan fingerprint density at radius 2 is 2.00 bits per heavy atom. The molecule has 0 saturated heterocycles. The normalized spacial score (nSPS) is 10.1. The fourth-order valence-corrected chi connectivity index (χ4v) is 1.83. The minimum Gasteiger partial charge on any atom is -0.397 e. The summed E-state index contributed by atoms with van der Waals surface area (Å²) in [6.45, 7) is 0. The van der Waals surface area contributed by atoms with E-state index < -0.39 is 0 Å². The van der Waals surface area contributed by atoms with E-state index >= 15 is 0 Å². The van der Waals surface area contributed by atoms with Crippen molar-refractivity contribution in [1.29, 1.82) is 0 Å². The Morgan fingerprint density at radius 1 is 1.28 bits per heavy atom. The molecule has 0 aliphatic rings. The summed E-state index contributed by atoms with van der Waals surface area (Å²) >= 11 is 5.90. The van der Waals surface area contributed by atoms with Crippen LogP contribution in [-0.4, -0.2) is 17.9 Å². The van der Waals surface area contributed by atoms with Crippen molar-refractivity contribution >= 4 is 28.9 Å². The van der Waals surface area contributed by atoms with Crippen molar-refractivity contribution in [1.82, 2.24) is 4.98 Å². The summed E-state index contributed by atoms with van der Waals surface area (Å²) < 4.78 is 0. The Bertz CT molecular complexity index is 586. The average molecular weight is 262 g/mol. The standard InChI is InChI=1S/C13H12ClN3O/c1-17(11-7-3-2-6-10(11)15)13(18)9-5-4-8-16-12(9)14/h2-8H,15H2,1H3. The SMILES string of the molecule is CN(C(=O)c1cccnc1Cl)c1ccccc1N. The van der Waals surface area contributed by atoms with Gasteiger partial charge in [0.05, 0.1) is 16.9 Å². The summed E-state index contributed by atoms with van der Waals surface area (Å²) in [4.78, 5) is 17.6. The molecule has 0 bridgehead atoms. The predicted molar refractivity (Wildman–Crippen MR) is 72.8 cm³/mol. The van der Waals surface area contributed by atoms with Gasteiger partial charge in [-0.2, -0.15) is 0 Å². The molecule has 0 atom stereocenters. The molecule has 0 aliphatic carbocycles. The highest BCUT2D eigenvalue weighted by atomic mass is 35.5. The molecule has 4 nitrogen and oxygen atoms in total. The molecule has 2 N–H and O–H groups in total. The number of rotatable bonds is 2. The summed E-state index contributed by atoms with van der Waals surface area (Å²) in [5, 5.41) is 0.184. The number of halogens is 1. The fraction of sp³-hybridized carbons (Fsp3) is 0.0769. The quantitative estimate of drug-likeness (QED) is 0.668. The fourth-order valence-electron chi connectivity index (χ4n) is 1.63. The first kappa shape index (κ1) is 12.4. The van der Waals surface area contributed by atoms with Crippen molar-refractivity contribution in [2.75, 3.05) is 17.7 Å². The van der Waals surface area contributed by atoms with Crippen molar-refractivity contribution in [2.45, 2.75) is 0 Å². The molecule has 0 saturated carbocycles. The number of aromatic nitrogens is 1. The first-order valence-corrected chi connectivity index (χ1v) is 5.72. The Hall–Kier alpha value is -2.07. The number of nitrogens with two attached hydrogens (primary N) is 1. The summed E-state index contributed by atoms with van der Waals surface area (Å²) in [5.74, 6) is -0.244. The number of amides is 1. The van der Waals surface area contributed by atoms with Gasteiger partial charge in [0.25, 0.3) is 5.91 Å². The zero-order valence-corrected chi connectivity index (χ0v) is 10.6. The highest BCUT2D eigenvalue weighted by molar-refractivity contribution is 6.33. The van der Waals surface area contributed by atoms with Gasteiger partial charge in [0.1, 0.15) is 5.15 Å². The van der Waals surface area contributed by atoms with Gasteiger partial charge in [-0.1, -0.05) is 23.7 Å². The van der Waals surface area contributed by atoms with E-state index in [4.69, 9.17) is 17.3 Å². The number of pyridine rings is 1. The molecule has 0 aliphatic heterocycles. The van der Waals surface area contributed by atoms with Crippen molar-refractivity contribution in [3.63, 3.8) is 0 Å². The van der Waals surface area contributed by atoms with Gasteiger partial charge in [0.2, 0.25) is 0 Å². The predicted octanol–water partition coefficient (Wildman–Crippen LogP) is 2.59. The van der Waals surface area contributed by atoms with Gasteiger partial charge < -0.3 is 10.6 Å². The monoisotopic (exact) mass is 261 g/mol. The number of carbonyl (C=O) groups is 1. The van der Waals surface area contributed by atoms with Gasteiger partial charge >= 0.3 is 0 Å². The molecule has 1 aromatic carbocycles. The van der Waals surface area contributed by atoms with Crippen molar-refractivity contribution in [3.8, 4) is 0 Å². The van der Waals surface area contributed by atoms with E-state index in [0.29, 0.717) is 16.9 Å². The Labute approximate surface area is 110 Å². The largest absolute Gasteiger partial charge is 0.397 e. The second kappa shape index (κ2) is 5.06. The second-order valence-corrected chi connectivity index (χ2v) is 4.12. The van der Waals surface area contributed by atoms with Crippen molar-refractivity contribution < 1.29 is 4.79 Å². The number of nitrogens with zero attached hydrogens (tertiary/aromatic N) is 2. The van der Waals surface area contributed by atoms with Crippen LogP contribution in [0.5, 0.6) is 0 Å². The summed E-state index contributed by atoms with van der Waals surface area (Å²) in [6, 6.07) is 10.4. The third kappa shape index (κ3) is 2.28. The topological polar surface area (TPSA) is 59.2 Å². The number of anilines is 2. The number of hydrogen-bond acceptors (Lipinski definition) is 3. The van der Waals surface area contributed by atoms with Crippen LogP contribution in [-0.2, 0) is 0 Å². The summed E-state index contributed by atoms with van der Waals surface area (Å²) in [6.07, 6.45) is 1.54. The number of benzene rings is 1. The van der Waals surface area contributed by atoms with Crippen LogP contribution in [0.2, 0.25) is 5.15 Å². The van der Waals surface area contributed by atoms with Gasteiger partial charge in [-0.05, 0) is 24.3 Å². The average Bonchev–Trinajstić information content (AvgIpc) is 2.38. The van der Waals surface area contributed by atoms with Crippen LogP contribution >= 0.6 is 11.6 Å². The van der Waals surface area contributed by atoms with Crippen molar-refractivity contribution in [3.05, 3.63) is 53.3 Å². The van der Waals surface area contributed by atoms with E-state index in [9.17, 15) is 4.79 Å². The van der Waals surface area contributed by atoms with Gasteiger partial charge in [-0.25, -0.2) is 4.98 Å². The molecule has 5 heteroatoms. The molecule has 0 radical (unpaired) electrons. The van der Waals surface area contributed by atoms with Crippen molar-refractivity contribution in [2.24, 2.45) is 0 Å². The maximum Gasteiger partial charge on any atom is 0.261 e. The van der Waals surface area contributed by atoms with E-state index in [1.165, 1.54) is 11.1 Å². The molecule has 2 aromatic rings. The zero-order valence-electron chi connectivity index (χ0n) is 9.80. The molecular formula is C13H12ClN3O. The number of hydrogen-bond donors (Lipinski definition) is 1. The molecule has 1 heterocycles. The first-order chi connectivity index (χ1) is 8.61.